The maximum absolute atomic E-state index is 3.74. The number of hydrogen-bond acceptors (Lipinski definition) is 3. The van der Waals surface area contributed by atoms with Gasteiger partial charge < -0.3 is 16.0 Å². The van der Waals surface area contributed by atoms with Gasteiger partial charge in [0.1, 0.15) is 0 Å². The summed E-state index contributed by atoms with van der Waals surface area (Å²) in [5, 5.41) is 11.0. The molecular formula is C18H37N3. The molecule has 0 spiro atoms. The Labute approximate surface area is 132 Å². The van der Waals surface area contributed by atoms with E-state index in [9.17, 15) is 0 Å². The third kappa shape index (κ3) is 6.25. The van der Waals surface area contributed by atoms with Gasteiger partial charge in [0, 0.05) is 38.3 Å². The van der Waals surface area contributed by atoms with E-state index in [4.69, 9.17) is 0 Å². The van der Waals surface area contributed by atoms with Gasteiger partial charge in [0.25, 0.3) is 0 Å². The molecule has 3 N–H and O–H groups in total. The summed E-state index contributed by atoms with van der Waals surface area (Å²) in [5.74, 6) is 1.74. The Morgan fingerprint density at radius 3 is 1.48 bits per heavy atom. The van der Waals surface area contributed by atoms with Crippen molar-refractivity contribution in [2.75, 3.05) is 26.2 Å². The van der Waals surface area contributed by atoms with Crippen molar-refractivity contribution in [3.05, 3.63) is 0 Å². The summed E-state index contributed by atoms with van der Waals surface area (Å²) < 4.78 is 0. The highest BCUT2D eigenvalue weighted by molar-refractivity contribution is 4.79. The van der Waals surface area contributed by atoms with Crippen molar-refractivity contribution in [1.29, 1.82) is 0 Å². The molecule has 3 heteroatoms. The average Bonchev–Trinajstić information content (AvgIpc) is 2.50. The number of rotatable bonds is 8. The van der Waals surface area contributed by atoms with E-state index in [0.29, 0.717) is 0 Å². The predicted molar refractivity (Wildman–Crippen MR) is 91.7 cm³/mol. The van der Waals surface area contributed by atoms with E-state index in [0.717, 1.165) is 50.1 Å². The largest absolute Gasteiger partial charge is 0.314 e. The maximum Gasteiger partial charge on any atom is 0.00932 e. The van der Waals surface area contributed by atoms with Crippen LogP contribution in [0.2, 0.25) is 0 Å². The third-order valence-corrected chi connectivity index (χ3v) is 5.64. The smallest absolute Gasteiger partial charge is 0.00932 e. The second-order valence-corrected chi connectivity index (χ2v) is 7.39. The van der Waals surface area contributed by atoms with Gasteiger partial charge in [-0.3, -0.25) is 0 Å². The van der Waals surface area contributed by atoms with Gasteiger partial charge in [-0.15, -0.1) is 0 Å². The van der Waals surface area contributed by atoms with E-state index < -0.39 is 0 Å². The fourth-order valence-corrected chi connectivity index (χ4v) is 4.06. The first-order valence-corrected chi connectivity index (χ1v) is 9.45. The van der Waals surface area contributed by atoms with Crippen LogP contribution in [-0.2, 0) is 0 Å². The van der Waals surface area contributed by atoms with Crippen molar-refractivity contribution in [3.8, 4) is 0 Å². The summed E-state index contributed by atoms with van der Waals surface area (Å²) in [4.78, 5) is 0. The van der Waals surface area contributed by atoms with Crippen LogP contribution in [0.4, 0.5) is 0 Å². The predicted octanol–water partition coefficient (Wildman–Crippen LogP) is 2.91. The molecule has 2 aliphatic rings. The summed E-state index contributed by atoms with van der Waals surface area (Å²) in [6.07, 6.45) is 11.3. The summed E-state index contributed by atoms with van der Waals surface area (Å²) in [6.45, 7) is 9.25. The van der Waals surface area contributed by atoms with Crippen molar-refractivity contribution in [3.63, 3.8) is 0 Å². The molecule has 4 unspecified atom stereocenters. The molecule has 0 aromatic carbocycles. The highest BCUT2D eigenvalue weighted by Crippen LogP contribution is 2.24. The molecule has 0 bridgehead atoms. The molecule has 0 amide bonds. The molecule has 2 saturated carbocycles. The first-order valence-electron chi connectivity index (χ1n) is 9.45. The Bertz CT molecular complexity index is 243. The van der Waals surface area contributed by atoms with E-state index in [1.54, 1.807) is 0 Å². The van der Waals surface area contributed by atoms with Crippen molar-refractivity contribution < 1.29 is 0 Å². The molecule has 124 valence electrons. The summed E-state index contributed by atoms with van der Waals surface area (Å²) in [7, 11) is 0. The Morgan fingerprint density at radius 1 is 0.619 bits per heavy atom. The van der Waals surface area contributed by atoms with Gasteiger partial charge in [0.05, 0.1) is 0 Å². The minimum atomic E-state index is 0.766. The Balaban J connectivity index is 1.43. The molecule has 21 heavy (non-hydrogen) atoms. The lowest BCUT2D eigenvalue weighted by atomic mass is 9.86. The third-order valence-electron chi connectivity index (χ3n) is 5.64. The Hall–Kier alpha value is -0.120. The van der Waals surface area contributed by atoms with Crippen molar-refractivity contribution in [1.82, 2.24) is 16.0 Å². The molecule has 0 radical (unpaired) electrons. The first kappa shape index (κ1) is 17.2. The van der Waals surface area contributed by atoms with Crippen LogP contribution >= 0.6 is 0 Å². The monoisotopic (exact) mass is 295 g/mol. The van der Waals surface area contributed by atoms with Gasteiger partial charge in [-0.2, -0.15) is 0 Å². The van der Waals surface area contributed by atoms with Gasteiger partial charge in [-0.05, 0) is 37.5 Å². The van der Waals surface area contributed by atoms with Crippen molar-refractivity contribution in [2.24, 2.45) is 11.8 Å². The van der Waals surface area contributed by atoms with Crippen molar-refractivity contribution >= 4 is 0 Å². The molecule has 0 heterocycles. The lowest BCUT2D eigenvalue weighted by Crippen LogP contribution is -2.43. The number of hydrogen-bond donors (Lipinski definition) is 3. The lowest BCUT2D eigenvalue weighted by Gasteiger charge is -2.30. The van der Waals surface area contributed by atoms with Gasteiger partial charge >= 0.3 is 0 Å². The summed E-state index contributed by atoms with van der Waals surface area (Å²) in [5.41, 5.74) is 0. The standard InChI is InChI=1S/C18H37N3/c1-15-7-3-5-9-17(15)20-13-11-19-12-14-21-18-10-6-4-8-16(18)2/h15-21H,3-14H2,1-2H3. The average molecular weight is 296 g/mol. The van der Waals surface area contributed by atoms with E-state index in [1.807, 2.05) is 0 Å². The van der Waals surface area contributed by atoms with E-state index in [-0.39, 0.29) is 0 Å². The summed E-state index contributed by atoms with van der Waals surface area (Å²) in [6, 6.07) is 1.53. The van der Waals surface area contributed by atoms with Gasteiger partial charge in [0.15, 0.2) is 0 Å². The zero-order chi connectivity index (χ0) is 14.9. The summed E-state index contributed by atoms with van der Waals surface area (Å²) >= 11 is 0. The SMILES string of the molecule is CC1CCCCC1NCCNCCNC1CCCCC1C. The fraction of sp³-hybridized carbons (Fsp3) is 1.00. The Morgan fingerprint density at radius 2 is 1.05 bits per heavy atom. The van der Waals surface area contributed by atoms with Gasteiger partial charge in [0.2, 0.25) is 0 Å². The van der Waals surface area contributed by atoms with Crippen LogP contribution < -0.4 is 16.0 Å². The Kier molecular flexibility index (Phi) is 8.05. The lowest BCUT2D eigenvalue weighted by molar-refractivity contribution is 0.277. The first-order chi connectivity index (χ1) is 10.3. The van der Waals surface area contributed by atoms with Crippen LogP contribution in [0.3, 0.4) is 0 Å². The van der Waals surface area contributed by atoms with E-state index >= 15 is 0 Å². The van der Waals surface area contributed by atoms with Crippen LogP contribution in [0, 0.1) is 11.8 Å². The molecule has 0 aromatic rings. The van der Waals surface area contributed by atoms with Gasteiger partial charge in [-0.1, -0.05) is 39.5 Å². The number of nitrogens with one attached hydrogen (secondary N) is 3. The van der Waals surface area contributed by atoms with Crippen LogP contribution in [0.25, 0.3) is 0 Å². The van der Waals surface area contributed by atoms with Crippen molar-refractivity contribution in [2.45, 2.75) is 77.3 Å². The highest BCUT2D eigenvalue weighted by atomic mass is 15.0. The molecular weight excluding hydrogens is 258 g/mol. The van der Waals surface area contributed by atoms with Crippen LogP contribution in [-0.4, -0.2) is 38.3 Å². The zero-order valence-electron chi connectivity index (χ0n) is 14.3. The minimum Gasteiger partial charge on any atom is -0.314 e. The molecule has 4 atom stereocenters. The molecule has 2 fully saturated rings. The van der Waals surface area contributed by atoms with E-state index in [1.165, 1.54) is 51.4 Å². The molecule has 0 saturated heterocycles. The van der Waals surface area contributed by atoms with Crippen LogP contribution in [0.15, 0.2) is 0 Å². The fourth-order valence-electron chi connectivity index (χ4n) is 4.06. The maximum atomic E-state index is 3.74. The molecule has 2 aliphatic carbocycles. The quantitative estimate of drug-likeness (QED) is 0.603. The highest BCUT2D eigenvalue weighted by Gasteiger charge is 2.21. The van der Waals surface area contributed by atoms with Crippen LogP contribution in [0.5, 0.6) is 0 Å². The topological polar surface area (TPSA) is 36.1 Å². The van der Waals surface area contributed by atoms with E-state index in [2.05, 4.69) is 29.8 Å². The molecule has 0 aliphatic heterocycles. The normalized spacial score (nSPS) is 34.0. The second kappa shape index (κ2) is 9.81. The second-order valence-electron chi connectivity index (χ2n) is 7.39. The molecule has 2 rings (SSSR count). The molecule has 3 nitrogen and oxygen atoms in total. The van der Waals surface area contributed by atoms with Gasteiger partial charge in [-0.25, -0.2) is 0 Å². The van der Waals surface area contributed by atoms with Crippen LogP contribution in [0.1, 0.15) is 65.2 Å². The zero-order valence-corrected chi connectivity index (χ0v) is 14.3. The minimum absolute atomic E-state index is 0.766. The molecule has 0 aromatic heterocycles.